The van der Waals surface area contributed by atoms with E-state index in [9.17, 15) is 4.79 Å². The van der Waals surface area contributed by atoms with Crippen LogP contribution in [0.15, 0.2) is 47.1 Å². The van der Waals surface area contributed by atoms with Gasteiger partial charge >= 0.3 is 0 Å². The Balaban J connectivity index is 1.37. The van der Waals surface area contributed by atoms with Crippen LogP contribution < -0.4 is 5.32 Å². The highest BCUT2D eigenvalue weighted by Gasteiger charge is 2.12. The Morgan fingerprint density at radius 3 is 2.85 bits per heavy atom. The fraction of sp³-hybridized carbons (Fsp3) is 0.238. The quantitative estimate of drug-likeness (QED) is 0.565. The third-order valence-electron chi connectivity index (χ3n) is 4.62. The maximum atomic E-state index is 12.3. The maximum Gasteiger partial charge on any atom is 0.224 e. The van der Waals surface area contributed by atoms with Gasteiger partial charge in [0.2, 0.25) is 5.91 Å². The summed E-state index contributed by atoms with van der Waals surface area (Å²) in [4.78, 5) is 16.9. The van der Waals surface area contributed by atoms with Crippen LogP contribution >= 0.6 is 11.3 Å². The van der Waals surface area contributed by atoms with E-state index in [-0.39, 0.29) is 5.91 Å². The zero-order valence-electron chi connectivity index (χ0n) is 14.8. The van der Waals surface area contributed by atoms with Gasteiger partial charge in [0.1, 0.15) is 5.58 Å². The first kappa shape index (κ1) is 16.8. The molecule has 0 unspecified atom stereocenters. The number of thiazole rings is 1. The molecule has 2 aromatic carbocycles. The number of benzene rings is 2. The molecule has 4 nitrogen and oxygen atoms in total. The second-order valence-corrected chi connectivity index (χ2v) is 7.66. The number of hydrogen-bond acceptors (Lipinski definition) is 4. The number of furan rings is 1. The number of rotatable bonds is 5. The molecule has 0 atom stereocenters. The van der Waals surface area contributed by atoms with Gasteiger partial charge in [0, 0.05) is 23.9 Å². The Labute approximate surface area is 155 Å². The molecule has 0 aliphatic heterocycles. The van der Waals surface area contributed by atoms with Crippen molar-refractivity contribution in [3.05, 3.63) is 64.4 Å². The lowest BCUT2D eigenvalue weighted by Gasteiger charge is -2.04. The molecule has 2 aromatic heterocycles. The van der Waals surface area contributed by atoms with Crippen LogP contribution in [0.5, 0.6) is 0 Å². The van der Waals surface area contributed by atoms with E-state index in [1.54, 1.807) is 17.6 Å². The summed E-state index contributed by atoms with van der Waals surface area (Å²) in [7, 11) is 0. The van der Waals surface area contributed by atoms with E-state index in [0.717, 1.165) is 33.5 Å². The molecule has 1 amide bonds. The molecule has 0 saturated heterocycles. The lowest BCUT2D eigenvalue weighted by molar-refractivity contribution is -0.120. The first-order valence-corrected chi connectivity index (χ1v) is 9.50. The van der Waals surface area contributed by atoms with E-state index >= 15 is 0 Å². The van der Waals surface area contributed by atoms with Crippen LogP contribution in [0.4, 0.5) is 0 Å². The van der Waals surface area contributed by atoms with Crippen molar-refractivity contribution in [2.75, 3.05) is 6.54 Å². The number of nitrogens with zero attached hydrogens (tertiary/aromatic N) is 1. The van der Waals surface area contributed by atoms with Crippen LogP contribution in [0.25, 0.3) is 21.2 Å². The van der Waals surface area contributed by atoms with Crippen molar-refractivity contribution in [2.24, 2.45) is 0 Å². The number of carbonyl (C=O) groups excluding carboxylic acids is 1. The van der Waals surface area contributed by atoms with Crippen molar-refractivity contribution in [1.82, 2.24) is 10.3 Å². The van der Waals surface area contributed by atoms with Crippen LogP contribution in [0.3, 0.4) is 0 Å². The number of fused-ring (bicyclic) bond motifs is 2. The molecule has 0 fully saturated rings. The number of carbonyl (C=O) groups is 1. The Morgan fingerprint density at radius 2 is 2.00 bits per heavy atom. The lowest BCUT2D eigenvalue weighted by Crippen LogP contribution is -2.27. The first-order chi connectivity index (χ1) is 12.6. The van der Waals surface area contributed by atoms with Crippen molar-refractivity contribution >= 4 is 38.4 Å². The molecule has 0 radical (unpaired) electrons. The minimum absolute atomic E-state index is 0.00652. The van der Waals surface area contributed by atoms with Gasteiger partial charge < -0.3 is 9.73 Å². The average molecular weight is 364 g/mol. The average Bonchev–Trinajstić information content (AvgIpc) is 3.19. The molecule has 0 bridgehead atoms. The fourth-order valence-electron chi connectivity index (χ4n) is 3.04. The molecule has 0 aliphatic carbocycles. The fourth-order valence-corrected chi connectivity index (χ4v) is 4.01. The summed E-state index contributed by atoms with van der Waals surface area (Å²) in [6, 6.07) is 12.2. The number of aromatic nitrogens is 1. The third kappa shape index (κ3) is 3.35. The predicted octanol–water partition coefficient (Wildman–Crippen LogP) is 4.56. The van der Waals surface area contributed by atoms with Gasteiger partial charge in [0.05, 0.1) is 27.9 Å². The zero-order valence-corrected chi connectivity index (χ0v) is 15.7. The third-order valence-corrected chi connectivity index (χ3v) is 5.72. The van der Waals surface area contributed by atoms with Crippen LogP contribution in [0.2, 0.25) is 0 Å². The SMILES string of the molecule is Cc1cc2occ(CC(=O)NCCc3nc4ccccc4s3)c2cc1C. The smallest absolute Gasteiger partial charge is 0.224 e. The topological polar surface area (TPSA) is 55.1 Å². The molecule has 26 heavy (non-hydrogen) atoms. The van der Waals surface area contributed by atoms with Gasteiger partial charge in [-0.25, -0.2) is 4.98 Å². The predicted molar refractivity (Wildman–Crippen MR) is 106 cm³/mol. The Morgan fingerprint density at radius 1 is 1.19 bits per heavy atom. The van der Waals surface area contributed by atoms with E-state index in [1.807, 2.05) is 24.3 Å². The van der Waals surface area contributed by atoms with Gasteiger partial charge in [-0.2, -0.15) is 0 Å². The number of aryl methyl sites for hydroxylation is 2. The van der Waals surface area contributed by atoms with Gasteiger partial charge in [0.15, 0.2) is 0 Å². The standard InChI is InChI=1S/C21H20N2O2S/c1-13-9-16-15(12-25-18(16)10-14(13)2)11-20(24)22-8-7-21-23-17-5-3-4-6-19(17)26-21/h3-6,9-10,12H,7-8,11H2,1-2H3,(H,22,24). The zero-order chi connectivity index (χ0) is 18.1. The van der Waals surface area contributed by atoms with Gasteiger partial charge in [-0.3, -0.25) is 4.79 Å². The van der Waals surface area contributed by atoms with Crippen molar-refractivity contribution in [2.45, 2.75) is 26.7 Å². The second kappa shape index (κ2) is 6.92. The molecule has 132 valence electrons. The van der Waals surface area contributed by atoms with E-state index < -0.39 is 0 Å². The molecule has 0 saturated carbocycles. The van der Waals surface area contributed by atoms with Gasteiger partial charge in [-0.1, -0.05) is 12.1 Å². The van der Waals surface area contributed by atoms with E-state index in [0.29, 0.717) is 13.0 Å². The highest BCUT2D eigenvalue weighted by molar-refractivity contribution is 7.18. The summed E-state index contributed by atoms with van der Waals surface area (Å²) >= 11 is 1.68. The van der Waals surface area contributed by atoms with Crippen molar-refractivity contribution in [1.29, 1.82) is 0 Å². The minimum atomic E-state index is 0.00652. The summed E-state index contributed by atoms with van der Waals surface area (Å²) in [5, 5.41) is 5.06. The van der Waals surface area contributed by atoms with Crippen LogP contribution in [0.1, 0.15) is 21.7 Å². The van der Waals surface area contributed by atoms with E-state index in [2.05, 4.69) is 36.3 Å². The normalized spacial score (nSPS) is 11.3. The van der Waals surface area contributed by atoms with Crippen molar-refractivity contribution < 1.29 is 9.21 Å². The molecule has 2 heterocycles. The molecule has 0 spiro atoms. The number of nitrogens with one attached hydrogen (secondary N) is 1. The highest BCUT2D eigenvalue weighted by atomic mass is 32.1. The Hall–Kier alpha value is -2.66. The van der Waals surface area contributed by atoms with Gasteiger partial charge in [0.25, 0.3) is 0 Å². The van der Waals surface area contributed by atoms with Crippen molar-refractivity contribution in [3.63, 3.8) is 0 Å². The number of hydrogen-bond donors (Lipinski definition) is 1. The monoisotopic (exact) mass is 364 g/mol. The summed E-state index contributed by atoms with van der Waals surface area (Å²) < 4.78 is 6.79. The molecule has 4 aromatic rings. The Kier molecular flexibility index (Phi) is 4.47. The molecular weight excluding hydrogens is 344 g/mol. The number of amides is 1. The van der Waals surface area contributed by atoms with Gasteiger partial charge in [-0.15, -0.1) is 11.3 Å². The molecule has 4 rings (SSSR count). The van der Waals surface area contributed by atoms with Gasteiger partial charge in [-0.05, 0) is 49.2 Å². The molecule has 0 aliphatic rings. The van der Waals surface area contributed by atoms with Crippen LogP contribution in [0, 0.1) is 13.8 Å². The van der Waals surface area contributed by atoms with Crippen molar-refractivity contribution in [3.8, 4) is 0 Å². The number of para-hydroxylation sites is 1. The van der Waals surface area contributed by atoms with Crippen LogP contribution in [-0.2, 0) is 17.6 Å². The molecular formula is C21H20N2O2S. The molecule has 1 N–H and O–H groups in total. The maximum absolute atomic E-state index is 12.3. The minimum Gasteiger partial charge on any atom is -0.464 e. The Bertz CT molecular complexity index is 1060. The molecule has 5 heteroatoms. The summed E-state index contributed by atoms with van der Waals surface area (Å²) in [6.07, 6.45) is 2.77. The summed E-state index contributed by atoms with van der Waals surface area (Å²) in [6.45, 7) is 4.72. The summed E-state index contributed by atoms with van der Waals surface area (Å²) in [5.41, 5.74) is 5.19. The van der Waals surface area contributed by atoms with E-state index in [4.69, 9.17) is 4.42 Å². The van der Waals surface area contributed by atoms with Crippen LogP contribution in [-0.4, -0.2) is 17.4 Å². The first-order valence-electron chi connectivity index (χ1n) is 8.68. The van der Waals surface area contributed by atoms with E-state index in [1.165, 1.54) is 15.8 Å². The summed E-state index contributed by atoms with van der Waals surface area (Å²) in [5.74, 6) is 0.00652. The highest BCUT2D eigenvalue weighted by Crippen LogP contribution is 2.25. The second-order valence-electron chi connectivity index (χ2n) is 6.55. The lowest BCUT2D eigenvalue weighted by atomic mass is 10.0. The largest absolute Gasteiger partial charge is 0.464 e.